The maximum absolute atomic E-state index is 12.1. The second kappa shape index (κ2) is 8.93. The number of carbonyl (C=O) groups is 1. The average molecular weight is 398 g/mol. The van der Waals surface area contributed by atoms with Gasteiger partial charge in [0.25, 0.3) is 11.1 Å². The van der Waals surface area contributed by atoms with Crippen molar-refractivity contribution in [3.8, 4) is 5.75 Å². The van der Waals surface area contributed by atoms with Crippen molar-refractivity contribution in [1.82, 2.24) is 10.2 Å². The van der Waals surface area contributed by atoms with E-state index in [4.69, 9.17) is 9.15 Å². The van der Waals surface area contributed by atoms with Crippen molar-refractivity contribution in [2.45, 2.75) is 39.5 Å². The highest BCUT2D eigenvalue weighted by atomic mass is 32.2. The third-order valence-corrected chi connectivity index (χ3v) is 4.94. The Morgan fingerprint density at radius 3 is 2.50 bits per heavy atom. The quantitative estimate of drug-likeness (QED) is 0.587. The Bertz CT molecular complexity index is 965. The molecule has 7 heteroatoms. The SMILES string of the molecule is Cc1cc(C)cc(OCc2nnc(SCC(=O)Nc3ccc(C)c(C)c3)o2)c1. The molecule has 0 fully saturated rings. The van der Waals surface area contributed by atoms with E-state index in [9.17, 15) is 4.79 Å². The maximum atomic E-state index is 12.1. The zero-order chi connectivity index (χ0) is 20.1. The summed E-state index contributed by atoms with van der Waals surface area (Å²) in [6.07, 6.45) is 0. The van der Waals surface area contributed by atoms with Crippen molar-refractivity contribution in [1.29, 1.82) is 0 Å². The molecule has 0 saturated heterocycles. The van der Waals surface area contributed by atoms with Crippen molar-refractivity contribution in [3.63, 3.8) is 0 Å². The lowest BCUT2D eigenvalue weighted by Crippen LogP contribution is -2.14. The van der Waals surface area contributed by atoms with Crippen LogP contribution in [0.1, 0.15) is 28.1 Å². The van der Waals surface area contributed by atoms with Crippen LogP contribution in [0.3, 0.4) is 0 Å². The smallest absolute Gasteiger partial charge is 0.277 e. The van der Waals surface area contributed by atoms with E-state index in [2.05, 4.69) is 21.6 Å². The number of nitrogens with zero attached hydrogens (tertiary/aromatic N) is 2. The van der Waals surface area contributed by atoms with Gasteiger partial charge in [-0.15, -0.1) is 10.2 Å². The molecule has 146 valence electrons. The van der Waals surface area contributed by atoms with E-state index in [1.807, 2.05) is 58.0 Å². The number of ether oxygens (including phenoxy) is 1. The first-order valence-corrected chi connectivity index (χ1v) is 9.91. The van der Waals surface area contributed by atoms with Crippen LogP contribution in [0.4, 0.5) is 5.69 Å². The predicted octanol–water partition coefficient (Wildman–Crippen LogP) is 4.61. The van der Waals surface area contributed by atoms with Crippen molar-refractivity contribution < 1.29 is 13.9 Å². The fraction of sp³-hybridized carbons (Fsp3) is 0.286. The first-order chi connectivity index (χ1) is 13.4. The summed E-state index contributed by atoms with van der Waals surface area (Å²) in [5, 5.41) is 11.1. The van der Waals surface area contributed by atoms with Gasteiger partial charge < -0.3 is 14.5 Å². The molecule has 0 bridgehead atoms. The molecule has 0 atom stereocenters. The number of carbonyl (C=O) groups excluding carboxylic acids is 1. The van der Waals surface area contributed by atoms with E-state index in [1.165, 1.54) is 17.3 Å². The summed E-state index contributed by atoms with van der Waals surface area (Å²) in [5.41, 5.74) is 5.37. The minimum Gasteiger partial charge on any atom is -0.484 e. The molecule has 0 radical (unpaired) electrons. The standard InChI is InChI=1S/C21H23N3O3S/c1-13-7-14(2)9-18(8-13)26-11-20-23-24-21(27-20)28-12-19(25)22-17-6-5-15(3)16(4)10-17/h5-10H,11-12H2,1-4H3,(H,22,25). The van der Waals surface area contributed by atoms with Gasteiger partial charge in [0.2, 0.25) is 5.91 Å². The van der Waals surface area contributed by atoms with Crippen molar-refractivity contribution in [2.75, 3.05) is 11.1 Å². The monoisotopic (exact) mass is 397 g/mol. The molecule has 1 heterocycles. The zero-order valence-corrected chi connectivity index (χ0v) is 17.2. The first-order valence-electron chi connectivity index (χ1n) is 8.92. The van der Waals surface area contributed by atoms with E-state index < -0.39 is 0 Å². The third kappa shape index (κ3) is 5.60. The summed E-state index contributed by atoms with van der Waals surface area (Å²) in [6.45, 7) is 8.27. The number of aryl methyl sites for hydroxylation is 4. The maximum Gasteiger partial charge on any atom is 0.277 e. The number of rotatable bonds is 7. The number of aromatic nitrogens is 2. The van der Waals surface area contributed by atoms with E-state index >= 15 is 0 Å². The predicted molar refractivity (Wildman–Crippen MR) is 110 cm³/mol. The van der Waals surface area contributed by atoms with Crippen LogP contribution in [-0.4, -0.2) is 21.9 Å². The topological polar surface area (TPSA) is 77.2 Å². The van der Waals surface area contributed by atoms with Gasteiger partial charge in [0.1, 0.15) is 5.75 Å². The number of hydrogen-bond donors (Lipinski definition) is 1. The third-order valence-electron chi connectivity index (χ3n) is 4.12. The number of thioether (sulfide) groups is 1. The molecule has 6 nitrogen and oxygen atoms in total. The highest BCUT2D eigenvalue weighted by Gasteiger charge is 2.11. The molecule has 3 rings (SSSR count). The Hall–Kier alpha value is -2.80. The van der Waals surface area contributed by atoms with Gasteiger partial charge >= 0.3 is 0 Å². The molecule has 1 N–H and O–H groups in total. The van der Waals surface area contributed by atoms with E-state index in [1.54, 1.807) is 0 Å². The van der Waals surface area contributed by atoms with E-state index in [0.717, 1.165) is 28.1 Å². The van der Waals surface area contributed by atoms with Gasteiger partial charge in [0, 0.05) is 5.69 Å². The molecule has 0 saturated carbocycles. The molecular weight excluding hydrogens is 374 g/mol. The Kier molecular flexibility index (Phi) is 6.36. The van der Waals surface area contributed by atoms with Gasteiger partial charge in [-0.1, -0.05) is 23.9 Å². The van der Waals surface area contributed by atoms with E-state index in [0.29, 0.717) is 11.1 Å². The zero-order valence-electron chi connectivity index (χ0n) is 16.4. The molecule has 0 aliphatic carbocycles. The van der Waals surface area contributed by atoms with Gasteiger partial charge in [0.15, 0.2) is 6.61 Å². The van der Waals surface area contributed by atoms with Crippen LogP contribution < -0.4 is 10.1 Å². The van der Waals surface area contributed by atoms with Crippen LogP contribution in [-0.2, 0) is 11.4 Å². The number of benzene rings is 2. The van der Waals surface area contributed by atoms with Crippen molar-refractivity contribution in [2.24, 2.45) is 0 Å². The first kappa shape index (κ1) is 19.9. The molecule has 0 aliphatic rings. The summed E-state index contributed by atoms with van der Waals surface area (Å²) in [7, 11) is 0. The number of amides is 1. The summed E-state index contributed by atoms with van der Waals surface area (Å²) in [4.78, 5) is 12.1. The van der Waals surface area contributed by atoms with Crippen LogP contribution in [0.2, 0.25) is 0 Å². The lowest BCUT2D eigenvalue weighted by Gasteiger charge is -2.06. The summed E-state index contributed by atoms with van der Waals surface area (Å²) >= 11 is 1.19. The lowest BCUT2D eigenvalue weighted by atomic mass is 10.1. The molecule has 0 spiro atoms. The van der Waals surface area contributed by atoms with Gasteiger partial charge in [-0.2, -0.15) is 0 Å². The average Bonchev–Trinajstić information content (AvgIpc) is 3.09. The van der Waals surface area contributed by atoms with Crippen molar-refractivity contribution >= 4 is 23.4 Å². The molecule has 0 unspecified atom stereocenters. The summed E-state index contributed by atoms with van der Waals surface area (Å²) < 4.78 is 11.2. The van der Waals surface area contributed by atoms with Crippen LogP contribution in [0.25, 0.3) is 0 Å². The fourth-order valence-electron chi connectivity index (χ4n) is 2.66. The minimum atomic E-state index is -0.125. The normalized spacial score (nSPS) is 10.7. The lowest BCUT2D eigenvalue weighted by molar-refractivity contribution is -0.113. The Labute approximate surface area is 168 Å². The fourth-order valence-corrected chi connectivity index (χ4v) is 3.24. The van der Waals surface area contributed by atoms with Crippen molar-refractivity contribution in [3.05, 3.63) is 64.5 Å². The number of hydrogen-bond acceptors (Lipinski definition) is 6. The molecular formula is C21H23N3O3S. The minimum absolute atomic E-state index is 0.125. The summed E-state index contributed by atoms with van der Waals surface area (Å²) in [5.74, 6) is 1.19. The Morgan fingerprint density at radius 1 is 1.04 bits per heavy atom. The Balaban J connectivity index is 1.48. The van der Waals surface area contributed by atoms with Gasteiger partial charge in [-0.05, 0) is 74.2 Å². The van der Waals surface area contributed by atoms with Gasteiger partial charge in [-0.3, -0.25) is 4.79 Å². The van der Waals surface area contributed by atoms with E-state index in [-0.39, 0.29) is 18.3 Å². The molecule has 0 aliphatic heterocycles. The largest absolute Gasteiger partial charge is 0.484 e. The molecule has 3 aromatic rings. The molecule has 28 heavy (non-hydrogen) atoms. The van der Waals surface area contributed by atoms with Crippen LogP contribution in [0.15, 0.2) is 46.0 Å². The van der Waals surface area contributed by atoms with Crippen LogP contribution in [0.5, 0.6) is 5.75 Å². The molecule has 1 amide bonds. The van der Waals surface area contributed by atoms with Crippen LogP contribution in [0, 0.1) is 27.7 Å². The second-order valence-corrected chi connectivity index (χ2v) is 7.64. The van der Waals surface area contributed by atoms with Gasteiger partial charge in [-0.25, -0.2) is 0 Å². The Morgan fingerprint density at radius 2 is 1.79 bits per heavy atom. The van der Waals surface area contributed by atoms with Gasteiger partial charge in [0.05, 0.1) is 5.75 Å². The molecule has 2 aromatic carbocycles. The number of nitrogens with one attached hydrogen (secondary N) is 1. The summed E-state index contributed by atoms with van der Waals surface area (Å²) in [6, 6.07) is 11.8. The van der Waals surface area contributed by atoms with Crippen LogP contribution >= 0.6 is 11.8 Å². The highest BCUT2D eigenvalue weighted by Crippen LogP contribution is 2.20. The second-order valence-electron chi connectivity index (χ2n) is 6.71. The number of anilines is 1. The molecule has 1 aromatic heterocycles. The highest BCUT2D eigenvalue weighted by molar-refractivity contribution is 7.99.